The maximum Gasteiger partial charge on any atom is 0.319 e. The van der Waals surface area contributed by atoms with E-state index in [1.54, 1.807) is 4.68 Å². The summed E-state index contributed by atoms with van der Waals surface area (Å²) in [7, 11) is 0. The van der Waals surface area contributed by atoms with Gasteiger partial charge in [-0.05, 0) is 79.5 Å². The molecule has 0 aliphatic carbocycles. The Balaban J connectivity index is 1.41. The molecule has 3 rings (SSSR count). The second-order valence-electron chi connectivity index (χ2n) is 6.42. The second kappa shape index (κ2) is 8.57. The van der Waals surface area contributed by atoms with Gasteiger partial charge in [-0.15, -0.1) is 5.10 Å². The van der Waals surface area contributed by atoms with Crippen molar-refractivity contribution in [2.45, 2.75) is 26.2 Å². The number of amides is 2. The molecule has 8 heteroatoms. The summed E-state index contributed by atoms with van der Waals surface area (Å²) in [4.78, 5) is 14.6. The van der Waals surface area contributed by atoms with E-state index < -0.39 is 0 Å². The molecule has 8 nitrogen and oxygen atoms in total. The highest BCUT2D eigenvalue weighted by Gasteiger charge is 2.18. The highest BCUT2D eigenvalue weighted by Crippen LogP contribution is 2.16. The van der Waals surface area contributed by atoms with Crippen molar-refractivity contribution in [1.29, 1.82) is 0 Å². The predicted octanol–water partition coefficient (Wildman–Crippen LogP) is 1.91. The number of urea groups is 1. The molecular weight excluding hydrogens is 318 g/mol. The van der Waals surface area contributed by atoms with E-state index in [0.29, 0.717) is 5.92 Å². The van der Waals surface area contributed by atoms with Gasteiger partial charge in [-0.25, -0.2) is 9.48 Å². The lowest BCUT2D eigenvalue weighted by Gasteiger charge is -2.31. The molecule has 25 heavy (non-hydrogen) atoms. The van der Waals surface area contributed by atoms with E-state index in [4.69, 9.17) is 0 Å². The van der Waals surface area contributed by atoms with Gasteiger partial charge in [0, 0.05) is 12.2 Å². The van der Waals surface area contributed by atoms with Gasteiger partial charge >= 0.3 is 6.03 Å². The number of aromatic nitrogens is 4. The maximum atomic E-state index is 12.1. The van der Waals surface area contributed by atoms with Gasteiger partial charge in [0.2, 0.25) is 0 Å². The van der Waals surface area contributed by atoms with Crippen LogP contribution in [0.4, 0.5) is 10.5 Å². The van der Waals surface area contributed by atoms with Crippen LogP contribution in [-0.2, 0) is 0 Å². The average molecular weight is 343 g/mol. The van der Waals surface area contributed by atoms with Gasteiger partial charge in [-0.1, -0.05) is 6.92 Å². The number of rotatable bonds is 6. The monoisotopic (exact) mass is 343 g/mol. The van der Waals surface area contributed by atoms with E-state index >= 15 is 0 Å². The Hall–Kier alpha value is -2.48. The summed E-state index contributed by atoms with van der Waals surface area (Å²) in [5, 5.41) is 16.9. The third-order valence-corrected chi connectivity index (χ3v) is 4.54. The van der Waals surface area contributed by atoms with Crippen LogP contribution in [0.5, 0.6) is 0 Å². The molecule has 1 aliphatic rings. The SMILES string of the molecule is CCCN1CCC(CNC(=O)Nc2ccc(-n3cnnn3)cc2)CC1. The van der Waals surface area contributed by atoms with Crippen LogP contribution in [0.15, 0.2) is 30.6 Å². The fourth-order valence-corrected chi connectivity index (χ4v) is 3.12. The van der Waals surface area contributed by atoms with Crippen LogP contribution in [-0.4, -0.2) is 57.3 Å². The zero-order chi connectivity index (χ0) is 17.5. The minimum absolute atomic E-state index is 0.161. The highest BCUT2D eigenvalue weighted by molar-refractivity contribution is 5.89. The number of carbonyl (C=O) groups excluding carboxylic acids is 1. The van der Waals surface area contributed by atoms with E-state index in [1.165, 1.54) is 19.3 Å². The van der Waals surface area contributed by atoms with Crippen LogP contribution in [0.2, 0.25) is 0 Å². The third-order valence-electron chi connectivity index (χ3n) is 4.54. The smallest absolute Gasteiger partial charge is 0.319 e. The number of tetrazole rings is 1. The van der Waals surface area contributed by atoms with Crippen LogP contribution in [0.3, 0.4) is 0 Å². The number of benzene rings is 1. The first kappa shape index (κ1) is 17.3. The fraction of sp³-hybridized carbons (Fsp3) is 0.529. The molecule has 2 aromatic rings. The van der Waals surface area contributed by atoms with Crippen LogP contribution in [0.25, 0.3) is 5.69 Å². The van der Waals surface area contributed by atoms with E-state index in [2.05, 4.69) is 38.0 Å². The Kier molecular flexibility index (Phi) is 5.95. The summed E-state index contributed by atoms with van der Waals surface area (Å²) in [5.41, 5.74) is 1.59. The Labute approximate surface area is 147 Å². The number of piperidine rings is 1. The Morgan fingerprint density at radius 3 is 2.64 bits per heavy atom. The first-order valence-corrected chi connectivity index (χ1v) is 8.85. The number of anilines is 1. The number of hydrogen-bond donors (Lipinski definition) is 2. The number of hydrogen-bond acceptors (Lipinski definition) is 5. The number of nitrogens with one attached hydrogen (secondary N) is 2. The van der Waals surface area contributed by atoms with E-state index in [0.717, 1.165) is 43.9 Å². The summed E-state index contributed by atoms with van der Waals surface area (Å²) in [5.74, 6) is 0.570. The quantitative estimate of drug-likeness (QED) is 0.836. The Morgan fingerprint density at radius 2 is 2.00 bits per heavy atom. The van der Waals surface area contributed by atoms with Gasteiger partial charge in [0.05, 0.1) is 5.69 Å². The molecule has 1 aromatic heterocycles. The summed E-state index contributed by atoms with van der Waals surface area (Å²) < 4.78 is 1.56. The van der Waals surface area contributed by atoms with Crippen LogP contribution in [0, 0.1) is 5.92 Å². The fourth-order valence-electron chi connectivity index (χ4n) is 3.12. The van der Waals surface area contributed by atoms with Crippen molar-refractivity contribution in [2.75, 3.05) is 31.5 Å². The lowest BCUT2D eigenvalue weighted by atomic mass is 9.97. The van der Waals surface area contributed by atoms with Crippen molar-refractivity contribution in [3.8, 4) is 5.69 Å². The lowest BCUT2D eigenvalue weighted by Crippen LogP contribution is -2.40. The molecule has 1 fully saturated rings. The van der Waals surface area contributed by atoms with Gasteiger partial charge in [-0.2, -0.15) is 0 Å². The van der Waals surface area contributed by atoms with Crippen molar-refractivity contribution in [3.05, 3.63) is 30.6 Å². The van der Waals surface area contributed by atoms with Gasteiger partial charge in [-0.3, -0.25) is 0 Å². The van der Waals surface area contributed by atoms with E-state index in [-0.39, 0.29) is 6.03 Å². The second-order valence-corrected chi connectivity index (χ2v) is 6.42. The zero-order valence-electron chi connectivity index (χ0n) is 14.6. The van der Waals surface area contributed by atoms with Crippen LogP contribution in [0.1, 0.15) is 26.2 Å². The predicted molar refractivity (Wildman–Crippen MR) is 95.6 cm³/mol. The molecular formula is C17H25N7O. The van der Waals surface area contributed by atoms with Crippen LogP contribution < -0.4 is 10.6 Å². The topological polar surface area (TPSA) is 88.0 Å². The van der Waals surface area contributed by atoms with Gasteiger partial charge in [0.25, 0.3) is 0 Å². The van der Waals surface area contributed by atoms with E-state index in [1.807, 2.05) is 24.3 Å². The van der Waals surface area contributed by atoms with Crippen molar-refractivity contribution in [3.63, 3.8) is 0 Å². The summed E-state index contributed by atoms with van der Waals surface area (Å²) in [6.45, 7) is 6.41. The third kappa shape index (κ3) is 4.99. The van der Waals surface area contributed by atoms with Crippen molar-refractivity contribution >= 4 is 11.7 Å². The van der Waals surface area contributed by atoms with Crippen LogP contribution >= 0.6 is 0 Å². The highest BCUT2D eigenvalue weighted by atomic mass is 16.2. The van der Waals surface area contributed by atoms with Crippen molar-refractivity contribution in [2.24, 2.45) is 5.92 Å². The standard InChI is InChI=1S/C17H25N7O/c1-2-9-23-10-7-14(8-11-23)12-18-17(25)20-15-3-5-16(6-4-15)24-13-19-21-22-24/h3-6,13-14H,2,7-12H2,1H3,(H2,18,20,25). The molecule has 2 N–H and O–H groups in total. The molecule has 0 unspecified atom stereocenters. The Bertz CT molecular complexity index is 648. The normalized spacial score (nSPS) is 15.9. The molecule has 2 amide bonds. The first-order valence-electron chi connectivity index (χ1n) is 8.85. The minimum atomic E-state index is -0.161. The molecule has 1 aromatic carbocycles. The maximum absolute atomic E-state index is 12.1. The van der Waals surface area contributed by atoms with Gasteiger partial charge in [0.1, 0.15) is 6.33 Å². The summed E-state index contributed by atoms with van der Waals surface area (Å²) >= 11 is 0. The Morgan fingerprint density at radius 1 is 1.24 bits per heavy atom. The van der Waals surface area contributed by atoms with E-state index in [9.17, 15) is 4.79 Å². The molecule has 0 bridgehead atoms. The summed E-state index contributed by atoms with van der Waals surface area (Å²) in [6, 6.07) is 7.22. The molecule has 1 aliphatic heterocycles. The molecule has 134 valence electrons. The largest absolute Gasteiger partial charge is 0.338 e. The average Bonchev–Trinajstić information content (AvgIpc) is 3.17. The number of nitrogens with zero attached hydrogens (tertiary/aromatic N) is 5. The summed E-state index contributed by atoms with van der Waals surface area (Å²) in [6.07, 6.45) is 5.04. The molecule has 1 saturated heterocycles. The molecule has 0 atom stereocenters. The first-order chi connectivity index (χ1) is 12.2. The minimum Gasteiger partial charge on any atom is -0.338 e. The number of carbonyl (C=O) groups is 1. The van der Waals surface area contributed by atoms with Crippen molar-refractivity contribution in [1.82, 2.24) is 30.4 Å². The molecule has 0 radical (unpaired) electrons. The molecule has 0 saturated carbocycles. The number of likely N-dealkylation sites (tertiary alicyclic amines) is 1. The van der Waals surface area contributed by atoms with Crippen molar-refractivity contribution < 1.29 is 4.79 Å². The lowest BCUT2D eigenvalue weighted by molar-refractivity contribution is 0.182. The molecule has 0 spiro atoms. The molecule has 2 heterocycles. The van der Waals surface area contributed by atoms with Gasteiger partial charge < -0.3 is 15.5 Å². The zero-order valence-corrected chi connectivity index (χ0v) is 14.6. The van der Waals surface area contributed by atoms with Gasteiger partial charge in [0.15, 0.2) is 0 Å².